The van der Waals surface area contributed by atoms with Crippen LogP contribution in [0.2, 0.25) is 5.15 Å². The first kappa shape index (κ1) is 25.8. The summed E-state index contributed by atoms with van der Waals surface area (Å²) < 4.78 is 27.8. The summed E-state index contributed by atoms with van der Waals surface area (Å²) in [7, 11) is -3.84. The van der Waals surface area contributed by atoms with Gasteiger partial charge >= 0.3 is 0 Å². The molecule has 8 nitrogen and oxygen atoms in total. The van der Waals surface area contributed by atoms with Crippen LogP contribution >= 0.6 is 22.9 Å². The van der Waals surface area contributed by atoms with Gasteiger partial charge in [-0.3, -0.25) is 14.3 Å². The highest BCUT2D eigenvalue weighted by Crippen LogP contribution is 2.35. The number of Topliss-reactive ketones (excluding diaryl/α,β-unsaturated/α-hetero) is 1. The van der Waals surface area contributed by atoms with Crippen LogP contribution in [0.5, 0.6) is 0 Å². The number of nitrogens with zero attached hydrogens (tertiary/aromatic N) is 2. The van der Waals surface area contributed by atoms with Gasteiger partial charge < -0.3 is 5.32 Å². The summed E-state index contributed by atoms with van der Waals surface area (Å²) in [5.74, 6) is 0.0254. The molecule has 2 N–H and O–H groups in total. The Morgan fingerprint density at radius 3 is 2.53 bits per heavy atom. The van der Waals surface area contributed by atoms with Crippen LogP contribution in [0.4, 0.5) is 10.8 Å². The summed E-state index contributed by atoms with van der Waals surface area (Å²) in [6.45, 7) is 3.62. The first-order chi connectivity index (χ1) is 16.2. The van der Waals surface area contributed by atoms with E-state index in [0.717, 1.165) is 4.88 Å². The third kappa shape index (κ3) is 6.85. The molecule has 0 aliphatic heterocycles. The molecule has 0 radical (unpaired) electrons. The second-order valence-electron chi connectivity index (χ2n) is 7.56. The number of unbranched alkanes of at least 4 members (excludes halogenated alkanes) is 1. The smallest absolute Gasteiger partial charge is 0.261 e. The van der Waals surface area contributed by atoms with E-state index in [-0.39, 0.29) is 27.4 Å². The third-order valence-corrected chi connectivity index (χ3v) is 7.75. The summed E-state index contributed by atoms with van der Waals surface area (Å²) in [4.78, 5) is 33.0. The standard InChI is InChI=1S/C23H25ClN4O4S2/c1-3-17(29)9-7-8-12-20(30)27-23-26-15(2)21(33-23)16-13-19(22(24)25-14-16)28-34(31,32)18-10-5-4-6-11-18/h4-6,10-11,13-14,28H,3,7-9,12H2,1-2H3,(H,26,27,30). The summed E-state index contributed by atoms with van der Waals surface area (Å²) in [6, 6.07) is 9.55. The number of carbonyl (C=O) groups is 2. The van der Waals surface area contributed by atoms with Gasteiger partial charge in [0.2, 0.25) is 5.91 Å². The van der Waals surface area contributed by atoms with Gasteiger partial charge in [-0.15, -0.1) is 0 Å². The van der Waals surface area contributed by atoms with Crippen LogP contribution in [0, 0.1) is 6.92 Å². The Morgan fingerprint density at radius 2 is 1.82 bits per heavy atom. The van der Waals surface area contributed by atoms with Crippen LogP contribution in [-0.4, -0.2) is 30.1 Å². The lowest BCUT2D eigenvalue weighted by molar-refractivity contribution is -0.119. The first-order valence-electron chi connectivity index (χ1n) is 10.7. The van der Waals surface area contributed by atoms with Crippen molar-refractivity contribution in [2.24, 2.45) is 0 Å². The Balaban J connectivity index is 1.71. The van der Waals surface area contributed by atoms with E-state index in [4.69, 9.17) is 11.6 Å². The third-order valence-electron chi connectivity index (χ3n) is 4.95. The summed E-state index contributed by atoms with van der Waals surface area (Å²) in [5, 5.41) is 3.23. The van der Waals surface area contributed by atoms with Crippen LogP contribution in [0.25, 0.3) is 10.4 Å². The molecule has 34 heavy (non-hydrogen) atoms. The van der Waals surface area contributed by atoms with Gasteiger partial charge in [0, 0.05) is 31.0 Å². The number of carbonyl (C=O) groups excluding carboxylic acids is 2. The van der Waals surface area contributed by atoms with Crippen LogP contribution in [0.1, 0.15) is 44.7 Å². The molecule has 2 heterocycles. The molecule has 0 fully saturated rings. The molecule has 0 saturated heterocycles. The van der Waals surface area contributed by atoms with Gasteiger partial charge in [-0.05, 0) is 38.0 Å². The number of pyridine rings is 1. The van der Waals surface area contributed by atoms with Gasteiger partial charge in [0.15, 0.2) is 10.3 Å². The van der Waals surface area contributed by atoms with Gasteiger partial charge in [0.05, 0.1) is 21.2 Å². The number of halogens is 1. The quantitative estimate of drug-likeness (QED) is 0.256. The van der Waals surface area contributed by atoms with E-state index in [1.165, 1.54) is 29.7 Å². The van der Waals surface area contributed by atoms with E-state index in [1.807, 2.05) is 6.92 Å². The molecule has 1 aromatic carbocycles. The minimum absolute atomic E-state index is 0.0144. The average molecular weight is 521 g/mol. The molecular weight excluding hydrogens is 496 g/mol. The van der Waals surface area contributed by atoms with Crippen molar-refractivity contribution in [2.75, 3.05) is 10.0 Å². The van der Waals surface area contributed by atoms with Crippen LogP contribution in [-0.2, 0) is 19.6 Å². The normalized spacial score (nSPS) is 11.3. The van der Waals surface area contributed by atoms with Gasteiger partial charge in [-0.1, -0.05) is 48.1 Å². The number of sulfonamides is 1. The Labute approximate surface area is 207 Å². The number of anilines is 2. The monoisotopic (exact) mass is 520 g/mol. The van der Waals surface area contributed by atoms with E-state index < -0.39 is 10.0 Å². The van der Waals surface area contributed by atoms with Crippen molar-refractivity contribution in [1.82, 2.24) is 9.97 Å². The Bertz CT molecular complexity index is 1280. The number of aryl methyl sites for hydroxylation is 1. The van der Waals surface area contributed by atoms with Crippen molar-refractivity contribution >= 4 is 55.5 Å². The van der Waals surface area contributed by atoms with E-state index in [2.05, 4.69) is 20.0 Å². The molecule has 0 atom stereocenters. The number of aromatic nitrogens is 2. The fraction of sp³-hybridized carbons (Fsp3) is 0.304. The Morgan fingerprint density at radius 1 is 1.12 bits per heavy atom. The van der Waals surface area contributed by atoms with Crippen LogP contribution < -0.4 is 10.0 Å². The molecular formula is C23H25ClN4O4S2. The van der Waals surface area contributed by atoms with Crippen molar-refractivity contribution < 1.29 is 18.0 Å². The molecule has 3 aromatic rings. The number of thiazole rings is 1. The van der Waals surface area contributed by atoms with E-state index >= 15 is 0 Å². The largest absolute Gasteiger partial charge is 0.302 e. The van der Waals surface area contributed by atoms with Crippen molar-refractivity contribution in [3.05, 3.63) is 53.4 Å². The van der Waals surface area contributed by atoms with Gasteiger partial charge in [-0.25, -0.2) is 18.4 Å². The maximum Gasteiger partial charge on any atom is 0.261 e. The molecule has 0 spiro atoms. The minimum Gasteiger partial charge on any atom is -0.302 e. The van der Waals surface area contributed by atoms with Crippen molar-refractivity contribution in [2.45, 2.75) is 50.8 Å². The highest BCUT2D eigenvalue weighted by atomic mass is 35.5. The maximum atomic E-state index is 12.7. The lowest BCUT2D eigenvalue weighted by Gasteiger charge is -2.10. The number of hydrogen-bond acceptors (Lipinski definition) is 7. The second kappa shape index (κ2) is 11.5. The van der Waals surface area contributed by atoms with Gasteiger partial charge in [-0.2, -0.15) is 0 Å². The predicted octanol–water partition coefficient (Wildman–Crippen LogP) is 5.45. The summed E-state index contributed by atoms with van der Waals surface area (Å²) >= 11 is 7.41. The van der Waals surface area contributed by atoms with Gasteiger partial charge in [0.25, 0.3) is 10.0 Å². The predicted molar refractivity (Wildman–Crippen MR) is 135 cm³/mol. The number of rotatable bonds is 11. The zero-order valence-electron chi connectivity index (χ0n) is 18.8. The molecule has 1 amide bonds. The van der Waals surface area contributed by atoms with E-state index in [9.17, 15) is 18.0 Å². The van der Waals surface area contributed by atoms with Crippen LogP contribution in [0.15, 0.2) is 47.5 Å². The van der Waals surface area contributed by atoms with Crippen LogP contribution in [0.3, 0.4) is 0 Å². The molecule has 2 aromatic heterocycles. The number of ketones is 1. The SMILES string of the molecule is CCC(=O)CCCCC(=O)Nc1nc(C)c(-c2cnc(Cl)c(NS(=O)(=O)c3ccccc3)c2)s1. The number of hydrogen-bond donors (Lipinski definition) is 2. The molecule has 180 valence electrons. The molecule has 11 heteroatoms. The lowest BCUT2D eigenvalue weighted by atomic mass is 10.1. The summed E-state index contributed by atoms with van der Waals surface area (Å²) in [6.07, 6.45) is 4.14. The average Bonchev–Trinajstić information content (AvgIpc) is 3.18. The maximum absolute atomic E-state index is 12.7. The molecule has 0 saturated carbocycles. The van der Waals surface area contributed by atoms with Crippen molar-refractivity contribution in [3.63, 3.8) is 0 Å². The molecule has 0 unspecified atom stereocenters. The number of nitrogens with one attached hydrogen (secondary N) is 2. The number of benzene rings is 1. The minimum atomic E-state index is -3.84. The summed E-state index contributed by atoms with van der Waals surface area (Å²) in [5.41, 5.74) is 1.42. The fourth-order valence-corrected chi connectivity index (χ4v) is 5.38. The van der Waals surface area contributed by atoms with E-state index in [0.29, 0.717) is 48.5 Å². The zero-order valence-corrected chi connectivity index (χ0v) is 21.2. The van der Waals surface area contributed by atoms with Gasteiger partial charge in [0.1, 0.15) is 5.78 Å². The molecule has 0 aliphatic carbocycles. The van der Waals surface area contributed by atoms with Crippen molar-refractivity contribution in [1.29, 1.82) is 0 Å². The topological polar surface area (TPSA) is 118 Å². The molecule has 0 bridgehead atoms. The zero-order chi connectivity index (χ0) is 24.7. The Hall–Kier alpha value is -2.82. The first-order valence-corrected chi connectivity index (χ1v) is 13.4. The van der Waals surface area contributed by atoms with E-state index in [1.54, 1.807) is 31.2 Å². The molecule has 0 aliphatic rings. The van der Waals surface area contributed by atoms with Crippen molar-refractivity contribution in [3.8, 4) is 10.4 Å². The second-order valence-corrected chi connectivity index (χ2v) is 10.6. The highest BCUT2D eigenvalue weighted by molar-refractivity contribution is 7.92. The number of amides is 1. The highest BCUT2D eigenvalue weighted by Gasteiger charge is 2.18. The lowest BCUT2D eigenvalue weighted by Crippen LogP contribution is -2.13. The Kier molecular flexibility index (Phi) is 8.76. The fourth-order valence-electron chi connectivity index (χ4n) is 3.13. The molecule has 3 rings (SSSR count).